The second kappa shape index (κ2) is 8.18. The lowest BCUT2D eigenvalue weighted by Crippen LogP contribution is -2.49. The Morgan fingerprint density at radius 3 is 2.55 bits per heavy atom. The number of methoxy groups -OCH3 is 1. The zero-order valence-corrected chi connectivity index (χ0v) is 17.9. The summed E-state index contributed by atoms with van der Waals surface area (Å²) in [5.74, 6) is 0.584. The van der Waals surface area contributed by atoms with Gasteiger partial charge in [0.2, 0.25) is 0 Å². The Morgan fingerprint density at radius 1 is 1.21 bits per heavy atom. The molecule has 1 aliphatic heterocycles. The van der Waals surface area contributed by atoms with Gasteiger partial charge >= 0.3 is 0 Å². The third kappa shape index (κ3) is 4.40. The first kappa shape index (κ1) is 20.5. The van der Waals surface area contributed by atoms with Crippen molar-refractivity contribution in [2.45, 2.75) is 36.2 Å². The fourth-order valence-electron chi connectivity index (χ4n) is 4.38. The molecule has 1 aromatic carbocycles. The molecule has 0 spiro atoms. The topological polar surface area (TPSA) is 76.5 Å². The summed E-state index contributed by atoms with van der Waals surface area (Å²) in [4.78, 5) is 0. The number of rotatable bonds is 8. The predicted octanol–water partition coefficient (Wildman–Crippen LogP) is 1.98. The first-order chi connectivity index (χ1) is 13.9. The molecule has 2 atom stereocenters. The molecule has 2 fully saturated rings. The fourth-order valence-corrected chi connectivity index (χ4v) is 5.77. The summed E-state index contributed by atoms with van der Waals surface area (Å²) < 4.78 is 34.3. The highest BCUT2D eigenvalue weighted by atomic mass is 32.2. The molecule has 8 heteroatoms. The van der Waals surface area contributed by atoms with Gasteiger partial charge in [0, 0.05) is 57.4 Å². The van der Waals surface area contributed by atoms with Crippen LogP contribution in [0.15, 0.2) is 47.6 Å². The highest BCUT2D eigenvalue weighted by molar-refractivity contribution is 7.89. The Bertz CT molecular complexity index is 920. The number of aryl methyl sites for hydroxylation is 1. The van der Waals surface area contributed by atoms with E-state index in [-0.39, 0.29) is 10.4 Å². The quantitative estimate of drug-likeness (QED) is 0.709. The van der Waals surface area contributed by atoms with Crippen LogP contribution in [0.2, 0.25) is 0 Å². The number of aromatic nitrogens is 2. The van der Waals surface area contributed by atoms with Crippen molar-refractivity contribution in [1.82, 2.24) is 19.4 Å². The molecule has 0 amide bonds. The first-order valence-electron chi connectivity index (χ1n) is 10.2. The van der Waals surface area contributed by atoms with E-state index in [2.05, 4.69) is 40.7 Å². The van der Waals surface area contributed by atoms with Gasteiger partial charge < -0.3 is 10.1 Å². The molecule has 4 rings (SSSR count). The van der Waals surface area contributed by atoms with Crippen molar-refractivity contribution in [3.63, 3.8) is 0 Å². The lowest BCUT2D eigenvalue weighted by molar-refractivity contribution is 0.0387. The third-order valence-electron chi connectivity index (χ3n) is 6.28. The fraction of sp³-hybridized carbons (Fsp3) is 0.571. The molecule has 2 aromatic rings. The van der Waals surface area contributed by atoms with E-state index in [0.29, 0.717) is 31.7 Å². The van der Waals surface area contributed by atoms with E-state index in [4.69, 9.17) is 4.74 Å². The lowest BCUT2D eigenvalue weighted by Gasteiger charge is -2.41. The summed E-state index contributed by atoms with van der Waals surface area (Å²) in [5.41, 5.74) is 1.36. The zero-order chi connectivity index (χ0) is 20.5. The van der Waals surface area contributed by atoms with Crippen molar-refractivity contribution in [1.29, 1.82) is 0 Å². The SMILES string of the molecule is COCC1(CN[C@@H]2C[C@H]2c2ccccc2)CCN(S(=O)(=O)c2ccn(C)n2)CC1. The van der Waals surface area contributed by atoms with Crippen LogP contribution in [0.25, 0.3) is 0 Å². The molecular formula is C21H30N4O3S. The van der Waals surface area contributed by atoms with E-state index >= 15 is 0 Å². The molecule has 1 N–H and O–H groups in total. The highest BCUT2D eigenvalue weighted by Crippen LogP contribution is 2.42. The number of hydrogen-bond acceptors (Lipinski definition) is 5. The van der Waals surface area contributed by atoms with Gasteiger partial charge in [-0.3, -0.25) is 4.68 Å². The molecule has 0 radical (unpaired) electrons. The maximum atomic E-state index is 12.8. The molecule has 1 aliphatic carbocycles. The minimum absolute atomic E-state index is 0.0330. The molecular weight excluding hydrogens is 388 g/mol. The van der Waals surface area contributed by atoms with Gasteiger partial charge in [-0.2, -0.15) is 9.40 Å². The van der Waals surface area contributed by atoms with Gasteiger partial charge in [0.25, 0.3) is 10.0 Å². The van der Waals surface area contributed by atoms with E-state index in [1.807, 2.05) is 0 Å². The number of nitrogens with one attached hydrogen (secondary N) is 1. The van der Waals surface area contributed by atoms with Crippen molar-refractivity contribution < 1.29 is 13.2 Å². The maximum absolute atomic E-state index is 12.8. The minimum atomic E-state index is -3.53. The van der Waals surface area contributed by atoms with Crippen LogP contribution in [-0.4, -0.2) is 61.9 Å². The van der Waals surface area contributed by atoms with Gasteiger partial charge in [0.15, 0.2) is 5.03 Å². The van der Waals surface area contributed by atoms with Gasteiger partial charge in [-0.05, 0) is 30.9 Å². The summed E-state index contributed by atoms with van der Waals surface area (Å²) >= 11 is 0. The van der Waals surface area contributed by atoms with E-state index in [9.17, 15) is 8.42 Å². The second-order valence-electron chi connectivity index (χ2n) is 8.41. The molecule has 1 aromatic heterocycles. The van der Waals surface area contributed by atoms with E-state index in [1.165, 1.54) is 10.2 Å². The Hall–Kier alpha value is -1.74. The van der Waals surface area contributed by atoms with Crippen LogP contribution in [0.3, 0.4) is 0 Å². The first-order valence-corrected chi connectivity index (χ1v) is 11.6. The molecule has 7 nitrogen and oxygen atoms in total. The third-order valence-corrected chi connectivity index (χ3v) is 8.08. The Kier molecular flexibility index (Phi) is 5.79. The van der Waals surface area contributed by atoms with E-state index in [0.717, 1.165) is 25.8 Å². The minimum Gasteiger partial charge on any atom is -0.384 e. The molecule has 29 heavy (non-hydrogen) atoms. The van der Waals surface area contributed by atoms with Gasteiger partial charge in [-0.1, -0.05) is 30.3 Å². The largest absolute Gasteiger partial charge is 0.384 e. The van der Waals surface area contributed by atoms with Crippen molar-refractivity contribution in [2.24, 2.45) is 12.5 Å². The molecule has 2 aliphatic rings. The predicted molar refractivity (Wildman–Crippen MR) is 111 cm³/mol. The van der Waals surface area contributed by atoms with Gasteiger partial charge in [0.05, 0.1) is 6.61 Å². The van der Waals surface area contributed by atoms with Crippen molar-refractivity contribution in [2.75, 3.05) is 33.4 Å². The molecule has 1 saturated heterocycles. The number of piperidine rings is 1. The van der Waals surface area contributed by atoms with Crippen LogP contribution in [-0.2, 0) is 21.8 Å². The van der Waals surface area contributed by atoms with Gasteiger partial charge in [0.1, 0.15) is 0 Å². The molecule has 2 heterocycles. The Balaban J connectivity index is 1.35. The van der Waals surface area contributed by atoms with Crippen LogP contribution in [0.5, 0.6) is 0 Å². The summed E-state index contributed by atoms with van der Waals surface area (Å²) in [6, 6.07) is 12.7. The van der Waals surface area contributed by atoms with E-state index in [1.54, 1.807) is 30.7 Å². The summed E-state index contributed by atoms with van der Waals surface area (Å²) in [5, 5.41) is 7.94. The standard InChI is InChI=1S/C21H30N4O3S/c1-24-11-8-20(23-24)29(26,27)25-12-9-21(10-13-25,16-28-2)15-22-19-14-18(19)17-6-4-3-5-7-17/h3-8,11,18-19,22H,9-10,12-16H2,1-2H3/t18-,19+/m0/s1. The number of hydrogen-bond donors (Lipinski definition) is 1. The number of sulfonamides is 1. The zero-order valence-electron chi connectivity index (χ0n) is 17.1. The van der Waals surface area contributed by atoms with Crippen molar-refractivity contribution >= 4 is 10.0 Å². The molecule has 158 valence electrons. The Morgan fingerprint density at radius 2 is 1.93 bits per heavy atom. The van der Waals surface area contributed by atoms with Crippen LogP contribution >= 0.6 is 0 Å². The van der Waals surface area contributed by atoms with E-state index < -0.39 is 10.0 Å². The number of benzene rings is 1. The lowest BCUT2D eigenvalue weighted by atomic mass is 9.79. The second-order valence-corrected chi connectivity index (χ2v) is 10.3. The van der Waals surface area contributed by atoms with Crippen LogP contribution in [0.4, 0.5) is 0 Å². The monoisotopic (exact) mass is 418 g/mol. The maximum Gasteiger partial charge on any atom is 0.262 e. The number of nitrogens with zero attached hydrogens (tertiary/aromatic N) is 3. The van der Waals surface area contributed by atoms with Crippen LogP contribution < -0.4 is 5.32 Å². The number of ether oxygens (including phenoxy) is 1. The van der Waals surface area contributed by atoms with Gasteiger partial charge in [-0.15, -0.1) is 0 Å². The van der Waals surface area contributed by atoms with Crippen molar-refractivity contribution in [3.05, 3.63) is 48.2 Å². The Labute approximate surface area is 173 Å². The average molecular weight is 419 g/mol. The van der Waals surface area contributed by atoms with Gasteiger partial charge in [-0.25, -0.2) is 8.42 Å². The normalized spacial score (nSPS) is 24.5. The molecule has 0 bridgehead atoms. The summed E-state index contributed by atoms with van der Waals surface area (Å²) in [6.07, 6.45) is 4.38. The van der Waals surface area contributed by atoms with Crippen molar-refractivity contribution in [3.8, 4) is 0 Å². The summed E-state index contributed by atoms with van der Waals surface area (Å²) in [7, 11) is -0.0778. The van der Waals surface area contributed by atoms with Crippen LogP contribution in [0, 0.1) is 5.41 Å². The van der Waals surface area contributed by atoms with Crippen LogP contribution in [0.1, 0.15) is 30.7 Å². The average Bonchev–Trinajstić information content (AvgIpc) is 3.38. The summed E-state index contributed by atoms with van der Waals surface area (Å²) in [6.45, 7) is 2.49. The smallest absolute Gasteiger partial charge is 0.262 e. The molecule has 0 unspecified atom stereocenters. The highest BCUT2D eigenvalue weighted by Gasteiger charge is 2.43. The molecule has 1 saturated carbocycles.